The molecule has 1 nitrogen and oxygen atoms in total. The summed E-state index contributed by atoms with van der Waals surface area (Å²) in [7, 11) is 4.12. The van der Waals surface area contributed by atoms with E-state index in [0.717, 1.165) is 0 Å². The van der Waals surface area contributed by atoms with Crippen molar-refractivity contribution in [1.82, 2.24) is 4.90 Å². The molecule has 68 valence electrons. The van der Waals surface area contributed by atoms with E-state index in [1.54, 1.807) is 11.3 Å². The molecule has 0 aliphatic heterocycles. The van der Waals surface area contributed by atoms with Crippen molar-refractivity contribution in [2.24, 2.45) is 0 Å². The molecule has 0 fully saturated rings. The lowest BCUT2D eigenvalue weighted by molar-refractivity contribution is 0.328. The number of nitrogens with zero attached hydrogens (tertiary/aromatic N) is 1. The molecule has 12 heavy (non-hydrogen) atoms. The van der Waals surface area contributed by atoms with Gasteiger partial charge in [0.15, 0.2) is 0 Å². The molecule has 3 heteroatoms. The topological polar surface area (TPSA) is 3.24 Å². The van der Waals surface area contributed by atoms with Gasteiger partial charge in [0.25, 0.3) is 0 Å². The minimum Gasteiger partial charge on any atom is -0.301 e. The van der Waals surface area contributed by atoms with Crippen LogP contribution in [0.5, 0.6) is 0 Å². The summed E-state index contributed by atoms with van der Waals surface area (Å²) in [5.74, 6) is 0.661. The van der Waals surface area contributed by atoms with Crippen LogP contribution in [0.25, 0.3) is 0 Å². The van der Waals surface area contributed by atoms with Crippen molar-refractivity contribution in [3.63, 3.8) is 0 Å². The molecule has 1 heterocycles. The Labute approximate surface area is 83.0 Å². The van der Waals surface area contributed by atoms with Crippen LogP contribution in [0, 0.1) is 6.92 Å². The summed E-state index contributed by atoms with van der Waals surface area (Å²) < 4.78 is 0. The van der Waals surface area contributed by atoms with E-state index in [-0.39, 0.29) is 0 Å². The quantitative estimate of drug-likeness (QED) is 0.683. The van der Waals surface area contributed by atoms with Crippen LogP contribution in [-0.4, -0.2) is 24.9 Å². The lowest BCUT2D eigenvalue weighted by Gasteiger charge is -2.21. The van der Waals surface area contributed by atoms with E-state index in [0.29, 0.717) is 11.9 Å². The standard InChI is InChI=1S/C9H14ClNS/c1-7-4-5-12-9(7)8(6-10)11(2)3/h4-5,8H,6H2,1-3H3. The molecule has 1 atom stereocenters. The van der Waals surface area contributed by atoms with E-state index < -0.39 is 0 Å². The van der Waals surface area contributed by atoms with Crippen LogP contribution < -0.4 is 0 Å². The van der Waals surface area contributed by atoms with Crippen molar-refractivity contribution in [3.8, 4) is 0 Å². The van der Waals surface area contributed by atoms with Crippen LogP contribution in [0.2, 0.25) is 0 Å². The Morgan fingerprint density at radius 2 is 2.25 bits per heavy atom. The average molecular weight is 204 g/mol. The number of rotatable bonds is 3. The van der Waals surface area contributed by atoms with Gasteiger partial charge in [-0.25, -0.2) is 0 Å². The van der Waals surface area contributed by atoms with Crippen molar-refractivity contribution < 1.29 is 0 Å². The van der Waals surface area contributed by atoms with Gasteiger partial charge in [-0.05, 0) is 38.0 Å². The number of hydrogen-bond acceptors (Lipinski definition) is 2. The first-order valence-electron chi connectivity index (χ1n) is 3.93. The fourth-order valence-electron chi connectivity index (χ4n) is 1.17. The molecule has 0 saturated carbocycles. The van der Waals surface area contributed by atoms with Gasteiger partial charge in [0.2, 0.25) is 0 Å². The third kappa shape index (κ3) is 2.00. The number of thiophene rings is 1. The summed E-state index contributed by atoms with van der Waals surface area (Å²) in [6, 6.07) is 2.51. The predicted molar refractivity (Wildman–Crippen MR) is 56.2 cm³/mol. The first-order chi connectivity index (χ1) is 5.66. The molecule has 1 rings (SSSR count). The summed E-state index contributed by atoms with van der Waals surface area (Å²) in [5.41, 5.74) is 1.35. The first kappa shape index (κ1) is 10.0. The second kappa shape index (κ2) is 4.26. The summed E-state index contributed by atoms with van der Waals surface area (Å²) in [5, 5.41) is 2.12. The van der Waals surface area contributed by atoms with Crippen molar-refractivity contribution in [2.45, 2.75) is 13.0 Å². The monoisotopic (exact) mass is 203 g/mol. The van der Waals surface area contributed by atoms with Gasteiger partial charge in [0.05, 0.1) is 6.04 Å². The molecule has 0 radical (unpaired) electrons. The van der Waals surface area contributed by atoms with Crippen molar-refractivity contribution in [2.75, 3.05) is 20.0 Å². The second-order valence-electron chi connectivity index (χ2n) is 3.10. The van der Waals surface area contributed by atoms with Crippen molar-refractivity contribution in [3.05, 3.63) is 21.9 Å². The lowest BCUT2D eigenvalue weighted by atomic mass is 10.2. The van der Waals surface area contributed by atoms with Gasteiger partial charge in [-0.15, -0.1) is 22.9 Å². The van der Waals surface area contributed by atoms with Crippen molar-refractivity contribution >= 4 is 22.9 Å². The third-order valence-corrected chi connectivity index (χ3v) is 3.39. The highest BCUT2D eigenvalue weighted by atomic mass is 35.5. The normalized spacial score (nSPS) is 13.8. The molecule has 0 aliphatic rings. The lowest BCUT2D eigenvalue weighted by Crippen LogP contribution is -2.20. The second-order valence-corrected chi connectivity index (χ2v) is 4.36. The zero-order valence-electron chi connectivity index (χ0n) is 7.67. The van der Waals surface area contributed by atoms with Crippen LogP contribution in [0.15, 0.2) is 11.4 Å². The highest BCUT2D eigenvalue weighted by Crippen LogP contribution is 2.27. The first-order valence-corrected chi connectivity index (χ1v) is 5.34. The summed E-state index contributed by atoms with van der Waals surface area (Å²) in [4.78, 5) is 3.54. The zero-order valence-corrected chi connectivity index (χ0v) is 9.25. The Morgan fingerprint density at radius 3 is 2.58 bits per heavy atom. The minimum absolute atomic E-state index is 0.367. The number of hydrogen-bond donors (Lipinski definition) is 0. The molecular formula is C9H14ClNS. The van der Waals surface area contributed by atoms with Gasteiger partial charge in [-0.1, -0.05) is 0 Å². The minimum atomic E-state index is 0.367. The zero-order chi connectivity index (χ0) is 9.14. The van der Waals surface area contributed by atoms with Crippen LogP contribution in [0.1, 0.15) is 16.5 Å². The van der Waals surface area contributed by atoms with E-state index in [1.165, 1.54) is 10.4 Å². The maximum atomic E-state index is 5.89. The van der Waals surface area contributed by atoms with Gasteiger partial charge >= 0.3 is 0 Å². The van der Waals surface area contributed by atoms with Gasteiger partial charge in [0, 0.05) is 10.8 Å². The maximum absolute atomic E-state index is 5.89. The molecule has 1 aromatic rings. The van der Waals surface area contributed by atoms with Crippen molar-refractivity contribution in [1.29, 1.82) is 0 Å². The Morgan fingerprint density at radius 1 is 1.58 bits per heavy atom. The van der Waals surface area contributed by atoms with E-state index in [1.807, 2.05) is 0 Å². The summed E-state index contributed by atoms with van der Waals surface area (Å²) in [6.07, 6.45) is 0. The van der Waals surface area contributed by atoms with Gasteiger partial charge in [0.1, 0.15) is 0 Å². The van der Waals surface area contributed by atoms with Gasteiger partial charge < -0.3 is 4.90 Å². The number of halogens is 1. The van der Waals surface area contributed by atoms with Crippen LogP contribution >= 0.6 is 22.9 Å². The largest absolute Gasteiger partial charge is 0.301 e. The number of aryl methyl sites for hydroxylation is 1. The van der Waals surface area contributed by atoms with E-state index in [2.05, 4.69) is 37.4 Å². The summed E-state index contributed by atoms with van der Waals surface area (Å²) in [6.45, 7) is 2.13. The highest BCUT2D eigenvalue weighted by Gasteiger charge is 2.15. The molecular weight excluding hydrogens is 190 g/mol. The van der Waals surface area contributed by atoms with Crippen LogP contribution in [0.4, 0.5) is 0 Å². The highest BCUT2D eigenvalue weighted by molar-refractivity contribution is 7.10. The molecule has 1 aromatic heterocycles. The smallest absolute Gasteiger partial charge is 0.0574 e. The van der Waals surface area contributed by atoms with E-state index in [9.17, 15) is 0 Å². The Balaban J connectivity index is 2.87. The fourth-order valence-corrected chi connectivity index (χ4v) is 2.81. The van der Waals surface area contributed by atoms with Crippen LogP contribution in [-0.2, 0) is 0 Å². The Kier molecular flexibility index (Phi) is 3.56. The maximum Gasteiger partial charge on any atom is 0.0574 e. The number of alkyl halides is 1. The average Bonchev–Trinajstić information content (AvgIpc) is 2.38. The summed E-state index contributed by atoms with van der Waals surface area (Å²) >= 11 is 7.68. The SMILES string of the molecule is Cc1ccsc1C(CCl)N(C)C. The van der Waals surface area contributed by atoms with E-state index in [4.69, 9.17) is 11.6 Å². The molecule has 0 bridgehead atoms. The fraction of sp³-hybridized carbons (Fsp3) is 0.556. The molecule has 0 N–H and O–H groups in total. The molecule has 0 aliphatic carbocycles. The molecule has 1 unspecified atom stereocenters. The molecule has 0 spiro atoms. The third-order valence-electron chi connectivity index (χ3n) is 1.97. The van der Waals surface area contributed by atoms with Gasteiger partial charge in [-0.2, -0.15) is 0 Å². The molecule has 0 aromatic carbocycles. The van der Waals surface area contributed by atoms with Gasteiger partial charge in [-0.3, -0.25) is 0 Å². The molecule has 0 saturated heterocycles. The predicted octanol–water partition coefficient (Wildman–Crippen LogP) is 2.90. The van der Waals surface area contributed by atoms with E-state index >= 15 is 0 Å². The Bertz CT molecular complexity index is 244. The van der Waals surface area contributed by atoms with Crippen LogP contribution in [0.3, 0.4) is 0 Å². The Hall–Kier alpha value is -0.0500. The molecule has 0 amide bonds.